The van der Waals surface area contributed by atoms with E-state index in [1.807, 2.05) is 0 Å². The number of nitrogens with one attached hydrogen (secondary N) is 3. The zero-order chi connectivity index (χ0) is 28.8. The van der Waals surface area contributed by atoms with E-state index in [0.717, 1.165) is 0 Å². The topological polar surface area (TPSA) is 254 Å². The van der Waals surface area contributed by atoms with Crippen molar-refractivity contribution in [2.75, 3.05) is 6.54 Å². The summed E-state index contributed by atoms with van der Waals surface area (Å²) in [5.41, 5.74) is 11.7. The fraction of sp³-hybridized carbons (Fsp3) is 0.542. The van der Waals surface area contributed by atoms with Crippen LogP contribution in [0.25, 0.3) is 0 Å². The average Bonchev–Trinajstić information content (AvgIpc) is 2.85. The number of unbranched alkanes of at least 4 members (excludes halogenated alkanes) is 1. The van der Waals surface area contributed by atoms with Crippen LogP contribution in [0.15, 0.2) is 24.3 Å². The molecule has 0 radical (unpaired) electrons. The van der Waals surface area contributed by atoms with Gasteiger partial charge in [0.15, 0.2) is 0 Å². The Morgan fingerprint density at radius 3 is 2.00 bits per heavy atom. The van der Waals surface area contributed by atoms with Gasteiger partial charge in [0.2, 0.25) is 17.7 Å². The predicted octanol–water partition coefficient (Wildman–Crippen LogP) is -1.82. The summed E-state index contributed by atoms with van der Waals surface area (Å²) in [4.78, 5) is 60.9. The van der Waals surface area contributed by atoms with Gasteiger partial charge in [-0.05, 0) is 56.8 Å². The van der Waals surface area contributed by atoms with Crippen molar-refractivity contribution in [3.8, 4) is 5.75 Å². The first-order chi connectivity index (χ1) is 17.8. The molecule has 14 nitrogen and oxygen atoms in total. The molecule has 0 saturated heterocycles. The Balaban J connectivity index is 3.06. The van der Waals surface area contributed by atoms with E-state index in [-0.39, 0.29) is 31.4 Å². The van der Waals surface area contributed by atoms with Crippen molar-refractivity contribution in [1.82, 2.24) is 16.0 Å². The van der Waals surface area contributed by atoms with E-state index in [1.165, 1.54) is 31.2 Å². The van der Waals surface area contributed by atoms with E-state index >= 15 is 0 Å². The average molecular weight is 540 g/mol. The number of carbonyl (C=O) groups excluding carboxylic acids is 3. The zero-order valence-electron chi connectivity index (χ0n) is 21.1. The Kier molecular flexibility index (Phi) is 13.7. The van der Waals surface area contributed by atoms with Crippen LogP contribution >= 0.6 is 0 Å². The highest BCUT2D eigenvalue weighted by molar-refractivity contribution is 5.94. The second kappa shape index (κ2) is 16.2. The molecule has 0 bridgehead atoms. The standard InChI is InChI=1S/C24H37N5O9/c1-13(30)20(23(36)27-17(24(37)38)4-2-3-11-25)29-22(35)18(12-14-5-7-15(31)8-6-14)28-21(34)16(26)9-10-19(32)33/h5-8,13,16-18,20,30-31H,2-4,9-12,25-26H2,1H3,(H,27,36)(H,28,34)(H,29,35)(H,32,33)(H,37,38). The SMILES string of the molecule is CC(O)C(NC(=O)C(Cc1ccc(O)cc1)NC(=O)C(N)CCC(=O)O)C(=O)NC(CCCCN)C(=O)O. The summed E-state index contributed by atoms with van der Waals surface area (Å²) in [6.45, 7) is 1.57. The summed E-state index contributed by atoms with van der Waals surface area (Å²) < 4.78 is 0. The molecule has 0 aliphatic rings. The van der Waals surface area contributed by atoms with Crippen molar-refractivity contribution < 1.29 is 44.4 Å². The smallest absolute Gasteiger partial charge is 0.326 e. The van der Waals surface area contributed by atoms with Crippen LogP contribution in [0.4, 0.5) is 0 Å². The summed E-state index contributed by atoms with van der Waals surface area (Å²) in [5.74, 6) is -5.11. The number of benzene rings is 1. The number of hydrogen-bond acceptors (Lipinski definition) is 9. The highest BCUT2D eigenvalue weighted by Gasteiger charge is 2.32. The molecule has 3 amide bonds. The molecule has 1 rings (SSSR count). The third kappa shape index (κ3) is 11.5. The number of hydrogen-bond donors (Lipinski definition) is 9. The number of amides is 3. The fourth-order valence-corrected chi connectivity index (χ4v) is 3.44. The van der Waals surface area contributed by atoms with Gasteiger partial charge in [0, 0.05) is 12.8 Å². The third-order valence-corrected chi connectivity index (χ3v) is 5.64. The van der Waals surface area contributed by atoms with Crippen LogP contribution in [-0.4, -0.2) is 86.9 Å². The molecule has 5 unspecified atom stereocenters. The minimum atomic E-state index is -1.56. The van der Waals surface area contributed by atoms with Crippen LogP contribution in [0.5, 0.6) is 5.75 Å². The molecule has 0 spiro atoms. The minimum Gasteiger partial charge on any atom is -0.508 e. The zero-order valence-corrected chi connectivity index (χ0v) is 21.1. The van der Waals surface area contributed by atoms with E-state index in [0.29, 0.717) is 24.9 Å². The molecule has 0 aliphatic carbocycles. The van der Waals surface area contributed by atoms with Crippen LogP contribution in [0, 0.1) is 0 Å². The fourth-order valence-electron chi connectivity index (χ4n) is 3.44. The molecule has 0 heterocycles. The number of phenolic OH excluding ortho intramolecular Hbond substituents is 1. The van der Waals surface area contributed by atoms with E-state index < -0.39 is 59.9 Å². The summed E-state index contributed by atoms with van der Waals surface area (Å²) in [6.07, 6.45) is -1.02. The normalized spacial score (nSPS) is 14.8. The number of aromatic hydroxyl groups is 1. The lowest BCUT2D eigenvalue weighted by atomic mass is 10.0. The Bertz CT molecular complexity index is 955. The molecule has 0 aliphatic heterocycles. The van der Waals surface area contributed by atoms with Crippen LogP contribution < -0.4 is 27.4 Å². The van der Waals surface area contributed by atoms with Crippen molar-refractivity contribution >= 4 is 29.7 Å². The predicted molar refractivity (Wildman–Crippen MR) is 135 cm³/mol. The van der Waals surface area contributed by atoms with Crippen LogP contribution in [0.1, 0.15) is 44.6 Å². The molecule has 0 fully saturated rings. The van der Waals surface area contributed by atoms with E-state index in [1.54, 1.807) is 0 Å². The van der Waals surface area contributed by atoms with E-state index in [4.69, 9.17) is 16.6 Å². The number of phenols is 1. The first-order valence-corrected chi connectivity index (χ1v) is 12.1. The van der Waals surface area contributed by atoms with Gasteiger partial charge in [0.1, 0.15) is 23.9 Å². The van der Waals surface area contributed by atoms with Gasteiger partial charge in [-0.15, -0.1) is 0 Å². The van der Waals surface area contributed by atoms with Gasteiger partial charge in [0.05, 0.1) is 12.1 Å². The van der Waals surface area contributed by atoms with Gasteiger partial charge in [-0.1, -0.05) is 12.1 Å². The van der Waals surface area contributed by atoms with Gasteiger partial charge in [-0.3, -0.25) is 19.2 Å². The second-order valence-electron chi connectivity index (χ2n) is 8.88. The lowest BCUT2D eigenvalue weighted by Gasteiger charge is -2.26. The minimum absolute atomic E-state index is 0.0280. The Morgan fingerprint density at radius 2 is 1.47 bits per heavy atom. The Labute approximate surface area is 219 Å². The molecule has 0 aromatic heterocycles. The monoisotopic (exact) mass is 539 g/mol. The third-order valence-electron chi connectivity index (χ3n) is 5.64. The van der Waals surface area contributed by atoms with Crippen molar-refractivity contribution in [2.45, 2.75) is 75.7 Å². The maximum Gasteiger partial charge on any atom is 0.326 e. The number of aliphatic hydroxyl groups is 1. The van der Waals surface area contributed by atoms with E-state index in [2.05, 4.69) is 16.0 Å². The number of carboxylic acids is 2. The number of carboxylic acid groups (broad SMARTS) is 2. The lowest BCUT2D eigenvalue weighted by molar-refractivity contribution is -0.143. The molecular formula is C24H37N5O9. The van der Waals surface area contributed by atoms with Crippen LogP contribution in [-0.2, 0) is 30.4 Å². The van der Waals surface area contributed by atoms with Crippen molar-refractivity contribution in [3.63, 3.8) is 0 Å². The van der Waals surface area contributed by atoms with Crippen molar-refractivity contribution in [3.05, 3.63) is 29.8 Å². The molecule has 1 aromatic rings. The van der Waals surface area contributed by atoms with Crippen molar-refractivity contribution in [1.29, 1.82) is 0 Å². The van der Waals surface area contributed by atoms with Crippen LogP contribution in [0.3, 0.4) is 0 Å². The number of aliphatic hydroxyl groups excluding tert-OH is 1. The summed E-state index contributed by atoms with van der Waals surface area (Å²) in [5, 5.41) is 45.0. The first kappa shape index (κ1) is 32.3. The van der Waals surface area contributed by atoms with E-state index in [9.17, 15) is 39.3 Å². The molecular weight excluding hydrogens is 502 g/mol. The summed E-state index contributed by atoms with van der Waals surface area (Å²) in [7, 11) is 0. The molecule has 11 N–H and O–H groups in total. The van der Waals surface area contributed by atoms with Gasteiger partial charge in [-0.25, -0.2) is 4.79 Å². The molecule has 38 heavy (non-hydrogen) atoms. The maximum atomic E-state index is 13.2. The number of nitrogens with two attached hydrogens (primary N) is 2. The Hall–Kier alpha value is -3.75. The highest BCUT2D eigenvalue weighted by Crippen LogP contribution is 2.12. The summed E-state index contributed by atoms with van der Waals surface area (Å²) in [6, 6.07) is 0.374. The number of aliphatic carboxylic acids is 2. The molecule has 0 saturated carbocycles. The molecule has 212 valence electrons. The largest absolute Gasteiger partial charge is 0.508 e. The quantitative estimate of drug-likeness (QED) is 0.0995. The second-order valence-corrected chi connectivity index (χ2v) is 8.88. The lowest BCUT2D eigenvalue weighted by Crippen LogP contribution is -2.60. The highest BCUT2D eigenvalue weighted by atomic mass is 16.4. The number of carbonyl (C=O) groups is 5. The maximum absolute atomic E-state index is 13.2. The number of rotatable bonds is 17. The molecule has 1 aromatic carbocycles. The van der Waals surface area contributed by atoms with Gasteiger partial charge in [-0.2, -0.15) is 0 Å². The molecule has 5 atom stereocenters. The molecule has 14 heteroatoms. The van der Waals surface area contributed by atoms with Gasteiger partial charge in [0.25, 0.3) is 0 Å². The van der Waals surface area contributed by atoms with Gasteiger partial charge >= 0.3 is 11.9 Å². The Morgan fingerprint density at radius 1 is 0.868 bits per heavy atom. The summed E-state index contributed by atoms with van der Waals surface area (Å²) >= 11 is 0. The van der Waals surface area contributed by atoms with Crippen LogP contribution in [0.2, 0.25) is 0 Å². The van der Waals surface area contributed by atoms with Crippen molar-refractivity contribution in [2.24, 2.45) is 11.5 Å². The van der Waals surface area contributed by atoms with Gasteiger partial charge < -0.3 is 47.8 Å². The first-order valence-electron chi connectivity index (χ1n) is 12.1.